The lowest BCUT2D eigenvalue weighted by atomic mass is 10.0. The average molecular weight is 584 g/mol. The third-order valence-electron chi connectivity index (χ3n) is 8.84. The zero-order valence-electron chi connectivity index (χ0n) is 27.2. The van der Waals surface area contributed by atoms with Gasteiger partial charge in [0.1, 0.15) is 11.3 Å². The summed E-state index contributed by atoms with van der Waals surface area (Å²) in [5, 5.41) is 4.77. The molecule has 0 atom stereocenters. The predicted molar refractivity (Wildman–Crippen MR) is 186 cm³/mol. The molecule has 0 amide bonds. The number of para-hydroxylation sites is 1. The van der Waals surface area contributed by atoms with Crippen molar-refractivity contribution in [2.45, 2.75) is 136 Å². The molecular weight excluding hydrogens is 526 g/mol. The number of benzene rings is 2. The van der Waals surface area contributed by atoms with Crippen molar-refractivity contribution in [1.29, 1.82) is 0 Å². The van der Waals surface area contributed by atoms with Crippen molar-refractivity contribution < 1.29 is 0 Å². The average Bonchev–Trinajstić information content (AvgIpc) is 3.39. The molecule has 43 heavy (non-hydrogen) atoms. The molecule has 0 spiro atoms. The fourth-order valence-electron chi connectivity index (χ4n) is 6.22. The van der Waals surface area contributed by atoms with Crippen LogP contribution in [0.3, 0.4) is 0 Å². The number of nitrogens with one attached hydrogen (secondary N) is 1. The number of nitrogens with zero attached hydrogens (tertiary/aromatic N) is 3. The normalized spacial score (nSPS) is 11.7. The summed E-state index contributed by atoms with van der Waals surface area (Å²) < 4.78 is 2.37. The van der Waals surface area contributed by atoms with Gasteiger partial charge in [0, 0.05) is 24.9 Å². The number of unbranched alkanes of at least 4 members (excludes halogenated alkanes) is 14. The first-order valence-electron chi connectivity index (χ1n) is 17.5. The van der Waals surface area contributed by atoms with Gasteiger partial charge < -0.3 is 15.6 Å². The number of anilines is 1. The highest BCUT2D eigenvalue weighted by molar-refractivity contribution is 6.06. The van der Waals surface area contributed by atoms with E-state index in [1.54, 1.807) is 0 Å². The van der Waals surface area contributed by atoms with Gasteiger partial charge in [-0.1, -0.05) is 146 Å². The van der Waals surface area contributed by atoms with E-state index >= 15 is 0 Å². The van der Waals surface area contributed by atoms with Gasteiger partial charge in [0.2, 0.25) is 0 Å². The zero-order chi connectivity index (χ0) is 30.1. The van der Waals surface area contributed by atoms with Crippen molar-refractivity contribution in [2.75, 3.05) is 12.3 Å². The number of rotatable bonds is 22. The second-order valence-electron chi connectivity index (χ2n) is 12.5. The minimum absolute atomic E-state index is 0.519. The molecule has 0 aliphatic carbocycles. The topological polar surface area (TPSA) is 68.8 Å². The van der Waals surface area contributed by atoms with Gasteiger partial charge in [-0.2, -0.15) is 0 Å². The molecule has 0 unspecified atom stereocenters. The van der Waals surface area contributed by atoms with Gasteiger partial charge in [0.05, 0.1) is 11.0 Å². The maximum absolute atomic E-state index is 6.39. The van der Waals surface area contributed by atoms with Crippen LogP contribution in [0.5, 0.6) is 0 Å². The highest BCUT2D eigenvalue weighted by atomic mass is 15.1. The van der Waals surface area contributed by atoms with E-state index in [0.717, 1.165) is 66.7 Å². The molecule has 3 N–H and O–H groups in total. The fourth-order valence-corrected chi connectivity index (χ4v) is 6.22. The first kappa shape index (κ1) is 33.0. The van der Waals surface area contributed by atoms with Crippen molar-refractivity contribution in [2.24, 2.45) is 0 Å². The van der Waals surface area contributed by atoms with Gasteiger partial charge in [-0.15, -0.1) is 0 Å². The molecule has 4 rings (SSSR count). The molecule has 0 fully saturated rings. The molecule has 0 aliphatic rings. The molecule has 2 aromatic heterocycles. The van der Waals surface area contributed by atoms with Gasteiger partial charge >= 0.3 is 0 Å². The molecule has 4 aromatic rings. The molecule has 5 nitrogen and oxygen atoms in total. The van der Waals surface area contributed by atoms with Crippen molar-refractivity contribution in [3.8, 4) is 0 Å². The van der Waals surface area contributed by atoms with E-state index < -0.39 is 0 Å². The number of pyridine rings is 1. The smallest absolute Gasteiger partial charge is 0.152 e. The van der Waals surface area contributed by atoms with Crippen LogP contribution in [0.15, 0.2) is 48.5 Å². The predicted octanol–water partition coefficient (Wildman–Crippen LogP) is 10.1. The number of nitrogen functional groups attached to an aromatic ring is 1. The first-order chi connectivity index (χ1) is 21.2. The van der Waals surface area contributed by atoms with E-state index in [1.807, 2.05) is 12.1 Å². The molecule has 0 bridgehead atoms. The molecular formula is C38H57N5. The van der Waals surface area contributed by atoms with Gasteiger partial charge in [0.25, 0.3) is 0 Å². The first-order valence-corrected chi connectivity index (χ1v) is 17.5. The van der Waals surface area contributed by atoms with E-state index in [-0.39, 0.29) is 0 Å². The Labute approximate surface area is 261 Å². The minimum Gasteiger partial charge on any atom is -0.382 e. The summed E-state index contributed by atoms with van der Waals surface area (Å²) in [6.07, 6.45) is 22.9. The van der Waals surface area contributed by atoms with Crippen LogP contribution in [0.4, 0.5) is 5.82 Å². The molecule has 0 saturated heterocycles. The van der Waals surface area contributed by atoms with Gasteiger partial charge in [-0.3, -0.25) is 0 Å². The lowest BCUT2D eigenvalue weighted by Gasteiger charge is -2.12. The Kier molecular flexibility index (Phi) is 14.3. The summed E-state index contributed by atoms with van der Waals surface area (Å²) in [7, 11) is 0. The van der Waals surface area contributed by atoms with Crippen molar-refractivity contribution in [3.05, 3.63) is 65.5 Å². The molecule has 0 aliphatic heterocycles. The van der Waals surface area contributed by atoms with Gasteiger partial charge in [-0.25, -0.2) is 9.97 Å². The Balaban J connectivity index is 1.17. The highest BCUT2D eigenvalue weighted by Gasteiger charge is 2.17. The number of nitrogens with two attached hydrogens (primary N) is 1. The second kappa shape index (κ2) is 18.7. The Hall–Kier alpha value is -2.92. The van der Waals surface area contributed by atoms with E-state index in [9.17, 15) is 0 Å². The molecule has 2 heterocycles. The van der Waals surface area contributed by atoms with Gasteiger partial charge in [0.15, 0.2) is 5.82 Å². The number of fused-ring (bicyclic) bond motifs is 3. The van der Waals surface area contributed by atoms with Crippen LogP contribution in [0.2, 0.25) is 0 Å². The third kappa shape index (κ3) is 10.3. The lowest BCUT2D eigenvalue weighted by Crippen LogP contribution is -2.14. The van der Waals surface area contributed by atoms with Crippen LogP contribution in [0.25, 0.3) is 21.9 Å². The maximum Gasteiger partial charge on any atom is 0.152 e. The van der Waals surface area contributed by atoms with Crippen LogP contribution in [0.1, 0.15) is 134 Å². The van der Waals surface area contributed by atoms with E-state index in [1.165, 1.54) is 101 Å². The largest absolute Gasteiger partial charge is 0.382 e. The summed E-state index contributed by atoms with van der Waals surface area (Å²) in [6, 6.07) is 17.3. The number of hydrogen-bond acceptors (Lipinski definition) is 4. The summed E-state index contributed by atoms with van der Waals surface area (Å²) in [5.41, 5.74) is 11.9. The third-order valence-corrected chi connectivity index (χ3v) is 8.84. The fraction of sp³-hybridized carbons (Fsp3) is 0.579. The van der Waals surface area contributed by atoms with Crippen LogP contribution < -0.4 is 11.1 Å². The summed E-state index contributed by atoms with van der Waals surface area (Å²) >= 11 is 0. The van der Waals surface area contributed by atoms with E-state index in [4.69, 9.17) is 10.7 Å². The standard InChI is InChI=1S/C38H57N5/c1-3-5-7-8-9-10-11-12-13-14-15-16-17-20-28-40-29-31-24-26-32(27-25-31)30-43-35(23-6-4-2)42-36-37(43)33-21-18-19-22-34(33)41-38(36)39/h18-19,21-22,24-27,40H,3-17,20,23,28-30H2,1-2H3,(H2,39,41). The minimum atomic E-state index is 0.519. The van der Waals surface area contributed by atoms with Crippen LogP contribution in [-0.4, -0.2) is 21.1 Å². The summed E-state index contributed by atoms with van der Waals surface area (Å²) in [4.78, 5) is 9.62. The number of aryl methyl sites for hydroxylation is 1. The zero-order valence-corrected chi connectivity index (χ0v) is 27.2. The Morgan fingerprint density at radius 1 is 0.651 bits per heavy atom. The van der Waals surface area contributed by atoms with Gasteiger partial charge in [-0.05, 0) is 36.6 Å². The summed E-state index contributed by atoms with van der Waals surface area (Å²) in [6.45, 7) is 7.34. The SMILES string of the molecule is CCCCCCCCCCCCCCCCNCc1ccc(Cn2c(CCCC)nc3c(N)nc4ccccc4c32)cc1. The molecule has 5 heteroatoms. The van der Waals surface area contributed by atoms with Crippen LogP contribution in [0, 0.1) is 0 Å². The van der Waals surface area contributed by atoms with Crippen molar-refractivity contribution >= 4 is 27.8 Å². The molecule has 234 valence electrons. The molecule has 0 radical (unpaired) electrons. The van der Waals surface area contributed by atoms with Crippen LogP contribution in [-0.2, 0) is 19.5 Å². The highest BCUT2D eigenvalue weighted by Crippen LogP contribution is 2.30. The summed E-state index contributed by atoms with van der Waals surface area (Å²) in [5.74, 6) is 1.62. The monoisotopic (exact) mass is 583 g/mol. The Morgan fingerprint density at radius 2 is 1.23 bits per heavy atom. The molecule has 2 aromatic carbocycles. The quantitative estimate of drug-likeness (QED) is 0.0903. The van der Waals surface area contributed by atoms with Crippen LogP contribution >= 0.6 is 0 Å². The van der Waals surface area contributed by atoms with Crippen molar-refractivity contribution in [1.82, 2.24) is 19.9 Å². The van der Waals surface area contributed by atoms with E-state index in [0.29, 0.717) is 5.82 Å². The Bertz CT molecular complexity index is 1340. The molecule has 0 saturated carbocycles. The maximum atomic E-state index is 6.39. The lowest BCUT2D eigenvalue weighted by molar-refractivity contribution is 0.529. The van der Waals surface area contributed by atoms with E-state index in [2.05, 4.69) is 65.1 Å². The van der Waals surface area contributed by atoms with Crippen molar-refractivity contribution in [3.63, 3.8) is 0 Å². The Morgan fingerprint density at radius 3 is 1.88 bits per heavy atom. The number of aromatic nitrogens is 3. The second-order valence-corrected chi connectivity index (χ2v) is 12.5. The number of imidazole rings is 1. The number of hydrogen-bond donors (Lipinski definition) is 2.